The van der Waals surface area contributed by atoms with Crippen molar-refractivity contribution in [3.8, 4) is 5.75 Å². The molecule has 0 spiro atoms. The van der Waals surface area contributed by atoms with Gasteiger partial charge in [0.2, 0.25) is 0 Å². The molecule has 0 unspecified atom stereocenters. The summed E-state index contributed by atoms with van der Waals surface area (Å²) in [4.78, 5) is 11.4. The molecule has 0 saturated heterocycles. The van der Waals surface area contributed by atoms with Crippen molar-refractivity contribution in [1.82, 2.24) is 0 Å². The number of carbonyl (C=O) groups excluding carboxylic acids is 1. The van der Waals surface area contributed by atoms with Crippen molar-refractivity contribution in [2.75, 3.05) is 5.73 Å². The Morgan fingerprint density at radius 3 is 2.33 bits per heavy atom. The summed E-state index contributed by atoms with van der Waals surface area (Å²) in [5.74, 6) is -1.65. The molecule has 2 rings (SSSR count). The molecule has 0 aliphatic heterocycles. The van der Waals surface area contributed by atoms with Gasteiger partial charge >= 0.3 is 6.36 Å². The van der Waals surface area contributed by atoms with Crippen LogP contribution in [-0.4, -0.2) is 12.3 Å². The fraction of sp³-hybridized carbons (Fsp3) is 0.500. The maximum atomic E-state index is 12.6. The second-order valence-corrected chi connectivity index (χ2v) is 5.19. The summed E-state index contributed by atoms with van der Waals surface area (Å²) in [6, 6.07) is 2.58. The molecule has 1 aromatic carbocycles. The maximum Gasteiger partial charge on any atom is 0.573 e. The number of benzene rings is 1. The van der Waals surface area contributed by atoms with E-state index >= 15 is 0 Å². The third-order valence-corrected chi connectivity index (χ3v) is 3.73. The largest absolute Gasteiger partial charge is 0.573 e. The minimum Gasteiger partial charge on any atom is -0.405 e. The maximum absolute atomic E-state index is 12.6. The summed E-state index contributed by atoms with van der Waals surface area (Å²) >= 11 is 0. The standard InChI is InChI=1S/C14H17F3N2O2/c15-14(16,17)21-12-9(13(19)20)6-7-10(18)11(12)8-4-2-1-3-5-8/h6-8H,1-5,18H2,(H2,19,20). The van der Waals surface area contributed by atoms with Gasteiger partial charge in [0.1, 0.15) is 5.75 Å². The first-order valence-corrected chi connectivity index (χ1v) is 6.77. The lowest BCUT2D eigenvalue weighted by Crippen LogP contribution is -2.23. The molecule has 0 heterocycles. The average molecular weight is 302 g/mol. The highest BCUT2D eigenvalue weighted by molar-refractivity contribution is 5.97. The number of anilines is 1. The monoisotopic (exact) mass is 302 g/mol. The summed E-state index contributed by atoms with van der Waals surface area (Å²) in [5, 5.41) is 0. The van der Waals surface area contributed by atoms with Gasteiger partial charge in [-0.15, -0.1) is 13.2 Å². The molecule has 1 amide bonds. The molecule has 1 saturated carbocycles. The van der Waals surface area contributed by atoms with E-state index in [2.05, 4.69) is 4.74 Å². The fourth-order valence-electron chi connectivity index (χ4n) is 2.85. The van der Waals surface area contributed by atoms with Crippen molar-refractivity contribution in [3.63, 3.8) is 0 Å². The minimum atomic E-state index is -4.90. The molecular weight excluding hydrogens is 285 g/mol. The third kappa shape index (κ3) is 3.59. The molecule has 1 aliphatic carbocycles. The zero-order valence-electron chi connectivity index (χ0n) is 11.4. The zero-order chi connectivity index (χ0) is 15.6. The third-order valence-electron chi connectivity index (χ3n) is 3.73. The van der Waals surface area contributed by atoms with E-state index in [1.807, 2.05) is 0 Å². The zero-order valence-corrected chi connectivity index (χ0v) is 11.4. The van der Waals surface area contributed by atoms with Gasteiger partial charge in [-0.2, -0.15) is 0 Å². The highest BCUT2D eigenvalue weighted by Gasteiger charge is 2.36. The van der Waals surface area contributed by atoms with Gasteiger partial charge in [-0.3, -0.25) is 4.79 Å². The van der Waals surface area contributed by atoms with Gasteiger partial charge in [0.05, 0.1) is 5.56 Å². The van der Waals surface area contributed by atoms with Crippen LogP contribution >= 0.6 is 0 Å². The van der Waals surface area contributed by atoms with Crippen LogP contribution in [-0.2, 0) is 0 Å². The van der Waals surface area contributed by atoms with Gasteiger partial charge in [-0.25, -0.2) is 0 Å². The van der Waals surface area contributed by atoms with Crippen LogP contribution in [0.25, 0.3) is 0 Å². The van der Waals surface area contributed by atoms with Crippen molar-refractivity contribution in [2.45, 2.75) is 44.4 Å². The quantitative estimate of drug-likeness (QED) is 0.841. The number of nitrogen functional groups attached to an aromatic ring is 1. The second kappa shape index (κ2) is 5.83. The van der Waals surface area contributed by atoms with Gasteiger partial charge in [0, 0.05) is 11.3 Å². The summed E-state index contributed by atoms with van der Waals surface area (Å²) in [7, 11) is 0. The molecule has 116 valence electrons. The first-order chi connectivity index (χ1) is 9.79. The van der Waals surface area contributed by atoms with Crippen LogP contribution < -0.4 is 16.2 Å². The number of rotatable bonds is 3. The van der Waals surface area contributed by atoms with Gasteiger partial charge in [-0.1, -0.05) is 19.3 Å². The number of nitrogens with two attached hydrogens (primary N) is 2. The van der Waals surface area contributed by atoms with E-state index in [4.69, 9.17) is 11.5 Å². The minimum absolute atomic E-state index is 0.143. The normalized spacial score (nSPS) is 16.7. The Hall–Kier alpha value is -1.92. The smallest absolute Gasteiger partial charge is 0.405 e. The number of halogens is 3. The number of ether oxygens (including phenoxy) is 1. The highest BCUT2D eigenvalue weighted by atomic mass is 19.4. The van der Waals surface area contributed by atoms with Gasteiger partial charge < -0.3 is 16.2 Å². The van der Waals surface area contributed by atoms with Crippen LogP contribution in [0.3, 0.4) is 0 Å². The molecule has 4 nitrogen and oxygen atoms in total. The highest BCUT2D eigenvalue weighted by Crippen LogP contribution is 2.43. The van der Waals surface area contributed by atoms with Gasteiger partial charge in [-0.05, 0) is 30.9 Å². The lowest BCUT2D eigenvalue weighted by atomic mass is 9.82. The first-order valence-electron chi connectivity index (χ1n) is 6.77. The summed E-state index contributed by atoms with van der Waals surface area (Å²) in [5.41, 5.74) is 11.2. The summed E-state index contributed by atoms with van der Waals surface area (Å²) in [6.07, 6.45) is -0.587. The van der Waals surface area contributed by atoms with Crippen LogP contribution in [0.15, 0.2) is 12.1 Å². The number of alkyl halides is 3. The number of hydrogen-bond donors (Lipinski definition) is 2. The SMILES string of the molecule is NC(=O)c1ccc(N)c(C2CCCCC2)c1OC(F)(F)F. The first kappa shape index (κ1) is 15.5. The Kier molecular flexibility index (Phi) is 4.29. The van der Waals surface area contributed by atoms with E-state index in [1.165, 1.54) is 12.1 Å². The van der Waals surface area contributed by atoms with Crippen LogP contribution in [0.1, 0.15) is 53.9 Å². The molecule has 4 N–H and O–H groups in total. The molecule has 1 fully saturated rings. The number of hydrogen-bond acceptors (Lipinski definition) is 3. The molecule has 21 heavy (non-hydrogen) atoms. The molecule has 0 aromatic heterocycles. The van der Waals surface area contributed by atoms with Gasteiger partial charge in [0.15, 0.2) is 0 Å². The van der Waals surface area contributed by atoms with E-state index in [1.54, 1.807) is 0 Å². The predicted octanol–water partition coefficient (Wildman–Crippen LogP) is 3.31. The topological polar surface area (TPSA) is 78.3 Å². The molecule has 0 atom stereocenters. The fourth-order valence-corrected chi connectivity index (χ4v) is 2.85. The second-order valence-electron chi connectivity index (χ2n) is 5.19. The number of carbonyl (C=O) groups is 1. The van der Waals surface area contributed by atoms with Crippen molar-refractivity contribution < 1.29 is 22.7 Å². The van der Waals surface area contributed by atoms with Crippen LogP contribution in [0.2, 0.25) is 0 Å². The lowest BCUT2D eigenvalue weighted by molar-refractivity contribution is -0.275. The van der Waals surface area contributed by atoms with Crippen LogP contribution in [0, 0.1) is 0 Å². The number of amides is 1. The average Bonchev–Trinajstić information content (AvgIpc) is 2.37. The van der Waals surface area contributed by atoms with Crippen molar-refractivity contribution in [1.29, 1.82) is 0 Å². The molecule has 0 radical (unpaired) electrons. The van der Waals surface area contributed by atoms with E-state index < -0.39 is 18.0 Å². The van der Waals surface area contributed by atoms with E-state index in [0.717, 1.165) is 32.1 Å². The summed E-state index contributed by atoms with van der Waals surface area (Å²) in [6.45, 7) is 0. The molecule has 7 heteroatoms. The molecule has 1 aromatic rings. The Morgan fingerprint density at radius 1 is 1.19 bits per heavy atom. The van der Waals surface area contributed by atoms with Crippen molar-refractivity contribution in [2.24, 2.45) is 5.73 Å². The van der Waals surface area contributed by atoms with Gasteiger partial charge in [0.25, 0.3) is 5.91 Å². The van der Waals surface area contributed by atoms with E-state index in [-0.39, 0.29) is 22.7 Å². The van der Waals surface area contributed by atoms with Crippen LogP contribution in [0.4, 0.5) is 18.9 Å². The van der Waals surface area contributed by atoms with E-state index in [9.17, 15) is 18.0 Å². The Labute approximate surface area is 120 Å². The Morgan fingerprint density at radius 2 is 1.81 bits per heavy atom. The van der Waals surface area contributed by atoms with Crippen LogP contribution in [0.5, 0.6) is 5.75 Å². The molecule has 0 bridgehead atoms. The molecule has 1 aliphatic rings. The summed E-state index contributed by atoms with van der Waals surface area (Å²) < 4.78 is 42.0. The lowest BCUT2D eigenvalue weighted by Gasteiger charge is -2.26. The Bertz CT molecular complexity index is 538. The van der Waals surface area contributed by atoms with Crippen molar-refractivity contribution in [3.05, 3.63) is 23.3 Å². The predicted molar refractivity (Wildman–Crippen MR) is 71.9 cm³/mol. The Balaban J connectivity index is 2.54. The van der Waals surface area contributed by atoms with Crippen molar-refractivity contribution >= 4 is 11.6 Å². The molecular formula is C14H17F3N2O2. The number of primary amides is 1. The van der Waals surface area contributed by atoms with E-state index in [0.29, 0.717) is 0 Å².